The van der Waals surface area contributed by atoms with Crippen LogP contribution in [0.15, 0.2) is 30.5 Å². The van der Waals surface area contributed by atoms with Crippen LogP contribution in [0.5, 0.6) is 0 Å². The van der Waals surface area contributed by atoms with Crippen LogP contribution < -0.4 is 0 Å². The maximum atomic E-state index is 12.9. The molecule has 0 aliphatic carbocycles. The van der Waals surface area contributed by atoms with Gasteiger partial charge in [0.2, 0.25) is 5.82 Å². The van der Waals surface area contributed by atoms with Gasteiger partial charge < -0.3 is 15.2 Å². The Morgan fingerprint density at radius 2 is 2.05 bits per heavy atom. The molecule has 0 bridgehead atoms. The van der Waals surface area contributed by atoms with Gasteiger partial charge in [-0.05, 0) is 29.2 Å². The Hall–Kier alpha value is -2.28. The second-order valence-electron chi connectivity index (χ2n) is 3.93. The topological polar surface area (TPSA) is 81.2 Å². The van der Waals surface area contributed by atoms with Crippen LogP contribution in [0, 0.1) is 15.9 Å². The summed E-state index contributed by atoms with van der Waals surface area (Å²) in [6.45, 7) is 0.206. The molecule has 2 rings (SSSR count). The largest absolute Gasteiger partial charge is 0.396 e. The molecule has 6 nitrogen and oxygen atoms in total. The summed E-state index contributed by atoms with van der Waals surface area (Å²) in [5.74, 6) is -0.139. The van der Waals surface area contributed by atoms with Crippen molar-refractivity contribution in [1.82, 2.24) is 9.55 Å². The minimum atomic E-state index is -0.530. The lowest BCUT2D eigenvalue weighted by atomic mass is 10.2. The molecule has 0 radical (unpaired) electrons. The molecule has 1 aromatic heterocycles. The van der Waals surface area contributed by atoms with E-state index in [0.29, 0.717) is 17.8 Å². The van der Waals surface area contributed by atoms with Crippen molar-refractivity contribution in [2.75, 3.05) is 6.61 Å². The van der Waals surface area contributed by atoms with Gasteiger partial charge in [0.05, 0.1) is 6.54 Å². The number of halogens is 1. The highest BCUT2D eigenvalue weighted by Crippen LogP contribution is 2.24. The van der Waals surface area contributed by atoms with Crippen molar-refractivity contribution in [2.24, 2.45) is 0 Å². The predicted octanol–water partition coefficient (Wildman–Crippen LogP) is 1.98. The van der Waals surface area contributed by atoms with Crippen molar-refractivity contribution >= 4 is 5.82 Å². The number of hydrogen-bond donors (Lipinski definition) is 1. The van der Waals surface area contributed by atoms with Gasteiger partial charge in [0.15, 0.2) is 0 Å². The van der Waals surface area contributed by atoms with Crippen LogP contribution in [0.3, 0.4) is 0 Å². The fourth-order valence-corrected chi connectivity index (χ4v) is 1.79. The zero-order valence-corrected chi connectivity index (χ0v) is 9.99. The van der Waals surface area contributed by atoms with Crippen molar-refractivity contribution in [1.29, 1.82) is 0 Å². The number of nitro groups is 1. The van der Waals surface area contributed by atoms with Gasteiger partial charge in [-0.25, -0.2) is 13.9 Å². The maximum Gasteiger partial charge on any atom is 0.343 e. The summed E-state index contributed by atoms with van der Waals surface area (Å²) in [6.07, 6.45) is 1.54. The Labute approximate surface area is 108 Å². The molecule has 19 heavy (non-hydrogen) atoms. The molecule has 0 fully saturated rings. The average molecular weight is 265 g/mol. The normalized spacial score (nSPS) is 10.6. The lowest BCUT2D eigenvalue weighted by molar-refractivity contribution is -0.392. The van der Waals surface area contributed by atoms with Crippen LogP contribution >= 0.6 is 0 Å². The maximum absolute atomic E-state index is 12.9. The van der Waals surface area contributed by atoms with Crippen LogP contribution in [0.1, 0.15) is 6.42 Å². The summed E-state index contributed by atoms with van der Waals surface area (Å²) in [6, 6.07) is 5.56. The van der Waals surface area contributed by atoms with E-state index < -0.39 is 4.92 Å². The highest BCUT2D eigenvalue weighted by molar-refractivity contribution is 5.57. The molecule has 0 saturated carbocycles. The Morgan fingerprint density at radius 1 is 1.37 bits per heavy atom. The molecule has 1 heterocycles. The fourth-order valence-electron chi connectivity index (χ4n) is 1.79. The van der Waals surface area contributed by atoms with E-state index in [1.165, 1.54) is 28.8 Å². The third-order valence-corrected chi connectivity index (χ3v) is 2.66. The lowest BCUT2D eigenvalue weighted by Crippen LogP contribution is -2.06. The molecular formula is C12H12FN3O3. The van der Waals surface area contributed by atoms with Gasteiger partial charge in [0, 0.05) is 18.6 Å². The smallest absolute Gasteiger partial charge is 0.343 e. The van der Waals surface area contributed by atoms with Crippen molar-refractivity contribution in [3.63, 3.8) is 0 Å². The minimum Gasteiger partial charge on any atom is -0.396 e. The molecule has 0 spiro atoms. The van der Waals surface area contributed by atoms with E-state index in [1.807, 2.05) is 0 Å². The summed E-state index contributed by atoms with van der Waals surface area (Å²) >= 11 is 0. The van der Waals surface area contributed by atoms with Crippen LogP contribution in [0.4, 0.5) is 10.2 Å². The third-order valence-electron chi connectivity index (χ3n) is 2.66. The summed E-state index contributed by atoms with van der Waals surface area (Å²) < 4.78 is 14.3. The number of rotatable bonds is 5. The van der Waals surface area contributed by atoms with Crippen LogP contribution in [-0.4, -0.2) is 26.2 Å². The molecule has 2 aromatic rings. The highest BCUT2D eigenvalue weighted by Gasteiger charge is 2.20. The quantitative estimate of drug-likeness (QED) is 0.662. The number of aliphatic hydroxyl groups is 1. The molecule has 1 N–H and O–H groups in total. The Morgan fingerprint density at radius 3 is 2.63 bits per heavy atom. The van der Waals surface area contributed by atoms with Crippen molar-refractivity contribution in [2.45, 2.75) is 13.0 Å². The Bertz CT molecular complexity index is 580. The monoisotopic (exact) mass is 265 g/mol. The zero-order valence-electron chi connectivity index (χ0n) is 9.99. The number of aromatic nitrogens is 2. The summed E-state index contributed by atoms with van der Waals surface area (Å²) in [7, 11) is 0. The Kier molecular flexibility index (Phi) is 3.86. The van der Waals surface area contributed by atoms with E-state index in [1.54, 1.807) is 0 Å². The fraction of sp³-hybridized carbons (Fsp3) is 0.250. The third kappa shape index (κ3) is 2.76. The molecule has 0 unspecified atom stereocenters. The molecule has 0 aliphatic heterocycles. The second-order valence-corrected chi connectivity index (χ2v) is 3.93. The van der Waals surface area contributed by atoms with E-state index in [9.17, 15) is 14.5 Å². The van der Waals surface area contributed by atoms with Gasteiger partial charge in [-0.1, -0.05) is 0 Å². The molecule has 1 aromatic carbocycles. The molecule has 7 heteroatoms. The number of hydrogen-bond acceptors (Lipinski definition) is 4. The van der Waals surface area contributed by atoms with Gasteiger partial charge >= 0.3 is 5.82 Å². The second kappa shape index (κ2) is 5.57. The highest BCUT2D eigenvalue weighted by atomic mass is 19.1. The molecule has 0 aliphatic rings. The number of imidazole rings is 1. The first kappa shape index (κ1) is 13.2. The SMILES string of the molecule is O=[N+]([O-])c1cnc(-c2ccc(F)cc2)n1CCCO. The van der Waals surface area contributed by atoms with E-state index >= 15 is 0 Å². The standard InChI is InChI=1S/C12H12FN3O3/c13-10-4-2-9(3-5-10)12-14-8-11(16(18)19)15(12)6-1-7-17/h2-5,8,17H,1,6-7H2. The first-order chi connectivity index (χ1) is 9.13. The van der Waals surface area contributed by atoms with E-state index in [-0.39, 0.29) is 24.8 Å². The Balaban J connectivity index is 2.44. The number of benzene rings is 1. The van der Waals surface area contributed by atoms with Gasteiger partial charge in [-0.3, -0.25) is 0 Å². The summed E-state index contributed by atoms with van der Waals surface area (Å²) in [4.78, 5) is 14.4. The van der Waals surface area contributed by atoms with E-state index in [2.05, 4.69) is 4.98 Å². The predicted molar refractivity (Wildman–Crippen MR) is 66.0 cm³/mol. The summed E-state index contributed by atoms with van der Waals surface area (Å²) in [5, 5.41) is 19.7. The van der Waals surface area contributed by atoms with Gasteiger partial charge in [0.1, 0.15) is 12.0 Å². The van der Waals surface area contributed by atoms with Crippen molar-refractivity contribution < 1.29 is 14.4 Å². The molecular weight excluding hydrogens is 253 g/mol. The van der Waals surface area contributed by atoms with Crippen molar-refractivity contribution in [3.8, 4) is 11.4 Å². The van der Waals surface area contributed by atoms with Gasteiger partial charge in [-0.15, -0.1) is 0 Å². The lowest BCUT2D eigenvalue weighted by Gasteiger charge is -2.04. The van der Waals surface area contributed by atoms with Crippen LogP contribution in [0.2, 0.25) is 0 Å². The first-order valence-electron chi connectivity index (χ1n) is 5.70. The average Bonchev–Trinajstić information content (AvgIpc) is 2.81. The summed E-state index contributed by atoms with van der Waals surface area (Å²) in [5.41, 5.74) is 0.590. The molecule has 100 valence electrons. The van der Waals surface area contributed by atoms with Crippen LogP contribution in [-0.2, 0) is 6.54 Å². The minimum absolute atomic E-state index is 0.0712. The van der Waals surface area contributed by atoms with Crippen LogP contribution in [0.25, 0.3) is 11.4 Å². The molecule has 0 atom stereocenters. The molecule has 0 amide bonds. The van der Waals surface area contributed by atoms with Gasteiger partial charge in [0.25, 0.3) is 0 Å². The van der Waals surface area contributed by atoms with E-state index in [0.717, 1.165) is 6.20 Å². The number of nitrogens with zero attached hydrogens (tertiary/aromatic N) is 3. The number of aliphatic hydroxyl groups excluding tert-OH is 1. The first-order valence-corrected chi connectivity index (χ1v) is 5.70. The zero-order chi connectivity index (χ0) is 13.8. The van der Waals surface area contributed by atoms with Crippen molar-refractivity contribution in [3.05, 3.63) is 46.4 Å². The van der Waals surface area contributed by atoms with E-state index in [4.69, 9.17) is 5.11 Å². The molecule has 0 saturated heterocycles. The van der Waals surface area contributed by atoms with Gasteiger partial charge in [-0.2, -0.15) is 0 Å².